The number of carbonyl (C=O) groups is 1. The average Bonchev–Trinajstić information content (AvgIpc) is 2.78. The van der Waals surface area contributed by atoms with Gasteiger partial charge in [0.1, 0.15) is 5.69 Å². The van der Waals surface area contributed by atoms with E-state index < -0.39 is 0 Å². The molecule has 0 radical (unpaired) electrons. The van der Waals surface area contributed by atoms with Gasteiger partial charge in [-0.05, 0) is 25.5 Å². The Morgan fingerprint density at radius 2 is 2.17 bits per heavy atom. The van der Waals surface area contributed by atoms with Crippen molar-refractivity contribution in [1.82, 2.24) is 14.8 Å². The highest BCUT2D eigenvalue weighted by molar-refractivity contribution is 6.05. The van der Waals surface area contributed by atoms with Crippen molar-refractivity contribution >= 4 is 16.7 Å². The summed E-state index contributed by atoms with van der Waals surface area (Å²) in [6, 6.07) is 9.83. The van der Waals surface area contributed by atoms with E-state index in [0.717, 1.165) is 17.3 Å². The molecule has 122 valence electrons. The number of amides is 1. The molecular weight excluding hydrogens is 290 g/mol. The Labute approximate surface area is 136 Å². The number of carbonyl (C=O) groups excluding carboxylic acids is 1. The number of ether oxygens (including phenoxy) is 1. The summed E-state index contributed by atoms with van der Waals surface area (Å²) in [6.45, 7) is 3.52. The van der Waals surface area contributed by atoms with Crippen LogP contribution in [0.25, 0.3) is 10.8 Å². The molecule has 2 aromatic rings. The van der Waals surface area contributed by atoms with Crippen LogP contribution in [0.3, 0.4) is 0 Å². The molecule has 0 bridgehead atoms. The zero-order valence-electron chi connectivity index (χ0n) is 13.7. The van der Waals surface area contributed by atoms with Crippen molar-refractivity contribution in [3.05, 3.63) is 42.2 Å². The maximum Gasteiger partial charge on any atom is 0.273 e. The molecule has 1 amide bonds. The minimum absolute atomic E-state index is 0.00365. The van der Waals surface area contributed by atoms with E-state index in [4.69, 9.17) is 4.74 Å². The highest BCUT2D eigenvalue weighted by Gasteiger charge is 2.25. The lowest BCUT2D eigenvalue weighted by Gasteiger charge is -2.25. The third-order valence-electron chi connectivity index (χ3n) is 4.12. The molecule has 1 aliphatic heterocycles. The molecule has 5 nitrogen and oxygen atoms in total. The third kappa shape index (κ3) is 3.68. The van der Waals surface area contributed by atoms with E-state index in [9.17, 15) is 4.79 Å². The van der Waals surface area contributed by atoms with Crippen LogP contribution < -0.4 is 0 Å². The van der Waals surface area contributed by atoms with Gasteiger partial charge in [0.15, 0.2) is 0 Å². The van der Waals surface area contributed by atoms with Crippen molar-refractivity contribution in [3.8, 4) is 0 Å². The van der Waals surface area contributed by atoms with Gasteiger partial charge in [-0.15, -0.1) is 0 Å². The van der Waals surface area contributed by atoms with E-state index in [0.29, 0.717) is 37.9 Å². The van der Waals surface area contributed by atoms with E-state index in [1.807, 2.05) is 49.3 Å². The zero-order valence-corrected chi connectivity index (χ0v) is 13.7. The fourth-order valence-electron chi connectivity index (χ4n) is 3.13. The molecule has 1 saturated heterocycles. The topological polar surface area (TPSA) is 45.7 Å². The lowest BCUT2D eigenvalue weighted by Crippen LogP contribution is -2.39. The summed E-state index contributed by atoms with van der Waals surface area (Å²) in [7, 11) is 4.09. The molecule has 3 rings (SSSR count). The molecule has 1 aliphatic rings. The first-order valence-corrected chi connectivity index (χ1v) is 8.00. The minimum atomic E-state index is -0.00365. The molecule has 0 unspecified atom stereocenters. The number of rotatable bonds is 3. The van der Waals surface area contributed by atoms with Crippen LogP contribution in [0.4, 0.5) is 0 Å². The summed E-state index contributed by atoms with van der Waals surface area (Å²) in [5, 5.41) is 1.95. The number of hydrogen-bond donors (Lipinski definition) is 0. The van der Waals surface area contributed by atoms with Crippen LogP contribution in [0.5, 0.6) is 0 Å². The van der Waals surface area contributed by atoms with Gasteiger partial charge < -0.3 is 14.5 Å². The second kappa shape index (κ2) is 7.06. The molecule has 5 heteroatoms. The molecule has 1 aromatic heterocycles. The standard InChI is InChI=1S/C18H23N3O2/c1-20(2)11-14-12-21(9-10-23-13-14)18(22)17-16-6-4-3-5-15(16)7-8-19-17/h3-8,14H,9-13H2,1-2H3/t14-/m0/s1. The summed E-state index contributed by atoms with van der Waals surface area (Å²) >= 11 is 0. The van der Waals surface area contributed by atoms with Gasteiger partial charge in [0.2, 0.25) is 0 Å². The first-order valence-electron chi connectivity index (χ1n) is 8.00. The van der Waals surface area contributed by atoms with Crippen LogP contribution in [0.2, 0.25) is 0 Å². The fourth-order valence-corrected chi connectivity index (χ4v) is 3.13. The van der Waals surface area contributed by atoms with Gasteiger partial charge in [-0.25, -0.2) is 0 Å². The second-order valence-corrected chi connectivity index (χ2v) is 6.34. The van der Waals surface area contributed by atoms with Crippen molar-refractivity contribution in [3.63, 3.8) is 0 Å². The third-order valence-corrected chi connectivity index (χ3v) is 4.12. The predicted octanol–water partition coefficient (Wildman–Crippen LogP) is 1.88. The van der Waals surface area contributed by atoms with E-state index in [1.165, 1.54) is 0 Å². The van der Waals surface area contributed by atoms with Crippen LogP contribution in [-0.2, 0) is 4.74 Å². The SMILES string of the molecule is CN(C)C[C@@H]1COCCN(C(=O)c2nccc3ccccc23)C1. The van der Waals surface area contributed by atoms with Crippen molar-refractivity contribution < 1.29 is 9.53 Å². The van der Waals surface area contributed by atoms with Gasteiger partial charge in [0.05, 0.1) is 13.2 Å². The number of fused-ring (bicyclic) bond motifs is 1. The van der Waals surface area contributed by atoms with Crippen LogP contribution in [0, 0.1) is 5.92 Å². The molecule has 2 heterocycles. The molecule has 1 atom stereocenters. The quantitative estimate of drug-likeness (QED) is 0.868. The molecule has 1 fully saturated rings. The average molecular weight is 313 g/mol. The largest absolute Gasteiger partial charge is 0.379 e. The highest BCUT2D eigenvalue weighted by Crippen LogP contribution is 2.19. The van der Waals surface area contributed by atoms with Crippen LogP contribution in [-0.4, -0.2) is 67.6 Å². The molecule has 0 saturated carbocycles. The van der Waals surface area contributed by atoms with Gasteiger partial charge in [-0.3, -0.25) is 9.78 Å². The van der Waals surface area contributed by atoms with Crippen molar-refractivity contribution in [1.29, 1.82) is 0 Å². The van der Waals surface area contributed by atoms with E-state index in [2.05, 4.69) is 9.88 Å². The Balaban J connectivity index is 1.85. The molecule has 23 heavy (non-hydrogen) atoms. The van der Waals surface area contributed by atoms with Gasteiger partial charge in [0, 0.05) is 37.1 Å². The Morgan fingerprint density at radius 1 is 1.35 bits per heavy atom. The maximum absolute atomic E-state index is 13.0. The van der Waals surface area contributed by atoms with Gasteiger partial charge in [0.25, 0.3) is 5.91 Å². The second-order valence-electron chi connectivity index (χ2n) is 6.34. The maximum atomic E-state index is 13.0. The molecule has 0 N–H and O–H groups in total. The number of aromatic nitrogens is 1. The number of nitrogens with zero attached hydrogens (tertiary/aromatic N) is 3. The van der Waals surface area contributed by atoms with Gasteiger partial charge in [-0.2, -0.15) is 0 Å². The fraction of sp³-hybridized carbons (Fsp3) is 0.444. The molecular formula is C18H23N3O2. The monoisotopic (exact) mass is 313 g/mol. The Kier molecular flexibility index (Phi) is 4.88. The van der Waals surface area contributed by atoms with Crippen molar-refractivity contribution in [2.45, 2.75) is 0 Å². The van der Waals surface area contributed by atoms with Crippen LogP contribution in [0.15, 0.2) is 36.5 Å². The van der Waals surface area contributed by atoms with Gasteiger partial charge >= 0.3 is 0 Å². The molecule has 1 aromatic carbocycles. The Morgan fingerprint density at radius 3 is 3.00 bits per heavy atom. The summed E-state index contributed by atoms with van der Waals surface area (Å²) < 4.78 is 5.67. The summed E-state index contributed by atoms with van der Waals surface area (Å²) in [5.74, 6) is 0.322. The minimum Gasteiger partial charge on any atom is -0.379 e. The smallest absolute Gasteiger partial charge is 0.273 e. The predicted molar refractivity (Wildman–Crippen MR) is 90.5 cm³/mol. The first-order chi connectivity index (χ1) is 11.1. The van der Waals surface area contributed by atoms with Crippen LogP contribution in [0.1, 0.15) is 10.5 Å². The van der Waals surface area contributed by atoms with Crippen LogP contribution >= 0.6 is 0 Å². The number of hydrogen-bond acceptors (Lipinski definition) is 4. The number of benzene rings is 1. The normalized spacial score (nSPS) is 19.1. The lowest BCUT2D eigenvalue weighted by atomic mass is 10.1. The Bertz CT molecular complexity index is 682. The van der Waals surface area contributed by atoms with Crippen molar-refractivity contribution in [2.24, 2.45) is 5.92 Å². The Hall–Kier alpha value is -1.98. The van der Waals surface area contributed by atoms with E-state index >= 15 is 0 Å². The summed E-state index contributed by atoms with van der Waals surface area (Å²) in [5.41, 5.74) is 0.536. The zero-order chi connectivity index (χ0) is 16.2. The van der Waals surface area contributed by atoms with E-state index in [1.54, 1.807) is 6.20 Å². The summed E-state index contributed by atoms with van der Waals surface area (Å²) in [6.07, 6.45) is 1.71. The highest BCUT2D eigenvalue weighted by atomic mass is 16.5. The van der Waals surface area contributed by atoms with Crippen molar-refractivity contribution in [2.75, 3.05) is 46.9 Å². The first kappa shape index (κ1) is 15.9. The molecule has 0 spiro atoms. The lowest BCUT2D eigenvalue weighted by molar-refractivity contribution is 0.0731. The summed E-state index contributed by atoms with van der Waals surface area (Å²) in [4.78, 5) is 21.4. The van der Waals surface area contributed by atoms with E-state index in [-0.39, 0.29) is 5.91 Å². The number of pyridine rings is 1. The molecule has 0 aliphatic carbocycles. The van der Waals surface area contributed by atoms with Gasteiger partial charge in [-0.1, -0.05) is 24.3 Å².